The van der Waals surface area contributed by atoms with Gasteiger partial charge in [0.15, 0.2) is 0 Å². The van der Waals surface area contributed by atoms with Crippen molar-refractivity contribution in [2.45, 2.75) is 26.4 Å². The molecule has 0 aliphatic heterocycles. The largest absolute Gasteiger partial charge is 0.380 e. The molecule has 0 saturated heterocycles. The van der Waals surface area contributed by atoms with Crippen LogP contribution in [0.5, 0.6) is 0 Å². The Morgan fingerprint density at radius 2 is 1.75 bits per heavy atom. The van der Waals surface area contributed by atoms with Crippen LogP contribution in [0.2, 0.25) is 0 Å². The first-order chi connectivity index (χ1) is 7.50. The minimum absolute atomic E-state index is 0.884. The Bertz CT molecular complexity index is 463. The van der Waals surface area contributed by atoms with Crippen LogP contribution in [-0.2, 0) is 5.60 Å². The Morgan fingerprint density at radius 1 is 1.12 bits per heavy atom. The summed E-state index contributed by atoms with van der Waals surface area (Å²) in [6.45, 7) is 5.97. The number of aryl methyl sites for hydroxylation is 2. The van der Waals surface area contributed by atoms with Crippen molar-refractivity contribution in [1.82, 2.24) is 0 Å². The van der Waals surface area contributed by atoms with Gasteiger partial charge in [-0.2, -0.15) is 0 Å². The van der Waals surface area contributed by atoms with E-state index in [9.17, 15) is 5.11 Å². The molecule has 16 heavy (non-hydrogen) atoms. The van der Waals surface area contributed by atoms with Crippen molar-refractivity contribution in [2.75, 3.05) is 0 Å². The zero-order chi connectivity index (χ0) is 11.8. The van der Waals surface area contributed by atoms with Crippen molar-refractivity contribution in [3.8, 4) is 0 Å². The highest BCUT2D eigenvalue weighted by molar-refractivity contribution is 7.10. The van der Waals surface area contributed by atoms with Crippen molar-refractivity contribution in [2.24, 2.45) is 0 Å². The van der Waals surface area contributed by atoms with E-state index >= 15 is 0 Å². The highest BCUT2D eigenvalue weighted by Crippen LogP contribution is 2.33. The summed E-state index contributed by atoms with van der Waals surface area (Å²) in [6.07, 6.45) is 0. The van der Waals surface area contributed by atoms with E-state index in [1.165, 1.54) is 11.1 Å². The minimum Gasteiger partial charge on any atom is -0.380 e. The third kappa shape index (κ3) is 2.04. The van der Waals surface area contributed by atoms with Crippen molar-refractivity contribution in [3.63, 3.8) is 0 Å². The second-order valence-electron chi connectivity index (χ2n) is 4.43. The highest BCUT2D eigenvalue weighted by atomic mass is 32.1. The number of hydrogen-bond donors (Lipinski definition) is 1. The van der Waals surface area contributed by atoms with Gasteiger partial charge in [-0.15, -0.1) is 11.3 Å². The van der Waals surface area contributed by atoms with Crippen molar-refractivity contribution >= 4 is 11.3 Å². The summed E-state index contributed by atoms with van der Waals surface area (Å²) in [7, 11) is 0. The molecule has 1 aromatic heterocycles. The smallest absolute Gasteiger partial charge is 0.121 e. The highest BCUT2D eigenvalue weighted by Gasteiger charge is 2.26. The quantitative estimate of drug-likeness (QED) is 0.838. The number of thiophene rings is 1. The van der Waals surface area contributed by atoms with Gasteiger partial charge in [0.1, 0.15) is 5.60 Å². The molecular formula is C14H16OS. The molecule has 2 rings (SSSR count). The first-order valence-electron chi connectivity index (χ1n) is 5.35. The Labute approximate surface area is 100 Å². The van der Waals surface area contributed by atoms with Gasteiger partial charge >= 0.3 is 0 Å². The van der Waals surface area contributed by atoms with Crippen LogP contribution in [0.3, 0.4) is 0 Å². The lowest BCUT2D eigenvalue weighted by Crippen LogP contribution is -2.21. The number of rotatable bonds is 2. The summed E-state index contributed by atoms with van der Waals surface area (Å²) in [5.74, 6) is 0. The number of hydrogen-bond acceptors (Lipinski definition) is 2. The van der Waals surface area contributed by atoms with Crippen molar-refractivity contribution in [1.29, 1.82) is 0 Å². The normalized spacial score (nSPS) is 14.8. The Kier molecular flexibility index (Phi) is 2.87. The lowest BCUT2D eigenvalue weighted by atomic mass is 9.91. The fraction of sp³-hybridized carbons (Fsp3) is 0.286. The fourth-order valence-corrected chi connectivity index (χ4v) is 2.76. The first kappa shape index (κ1) is 11.4. The first-order valence-corrected chi connectivity index (χ1v) is 6.23. The molecule has 1 N–H and O–H groups in total. The van der Waals surface area contributed by atoms with Gasteiger partial charge in [0.25, 0.3) is 0 Å². The Balaban J connectivity index is 2.51. The van der Waals surface area contributed by atoms with Gasteiger partial charge in [-0.25, -0.2) is 0 Å². The van der Waals surface area contributed by atoms with Crippen molar-refractivity contribution < 1.29 is 5.11 Å². The Morgan fingerprint density at radius 3 is 2.25 bits per heavy atom. The van der Waals surface area contributed by atoms with E-state index in [-0.39, 0.29) is 0 Å². The fourth-order valence-electron chi connectivity index (χ4n) is 1.95. The van der Waals surface area contributed by atoms with E-state index in [4.69, 9.17) is 0 Å². The lowest BCUT2D eigenvalue weighted by molar-refractivity contribution is 0.106. The molecule has 2 heteroatoms. The van der Waals surface area contributed by atoms with Crippen LogP contribution in [0, 0.1) is 13.8 Å². The van der Waals surface area contributed by atoms with Gasteiger partial charge in [-0.3, -0.25) is 0 Å². The maximum absolute atomic E-state index is 10.6. The van der Waals surface area contributed by atoms with Gasteiger partial charge in [-0.1, -0.05) is 35.4 Å². The molecule has 0 saturated carbocycles. The molecular weight excluding hydrogens is 216 g/mol. The van der Waals surface area contributed by atoms with Crippen LogP contribution in [0.4, 0.5) is 0 Å². The molecule has 0 aliphatic rings. The van der Waals surface area contributed by atoms with Crippen LogP contribution < -0.4 is 0 Å². The van der Waals surface area contributed by atoms with Gasteiger partial charge < -0.3 is 5.11 Å². The Hall–Kier alpha value is -1.12. The van der Waals surface area contributed by atoms with Crippen LogP contribution in [0.15, 0.2) is 35.7 Å². The predicted molar refractivity (Wildman–Crippen MR) is 68.9 cm³/mol. The summed E-state index contributed by atoms with van der Waals surface area (Å²) in [5.41, 5.74) is 2.46. The summed E-state index contributed by atoms with van der Waals surface area (Å²) in [6, 6.07) is 10.2. The van der Waals surface area contributed by atoms with Crippen LogP contribution in [-0.4, -0.2) is 5.11 Å². The summed E-state index contributed by atoms with van der Waals surface area (Å²) in [4.78, 5) is 0.984. The van der Waals surface area contributed by atoms with E-state index < -0.39 is 5.60 Å². The molecule has 0 aliphatic carbocycles. The molecule has 1 atom stereocenters. The van der Waals surface area contributed by atoms with Crippen LogP contribution in [0.25, 0.3) is 0 Å². The summed E-state index contributed by atoms with van der Waals surface area (Å²) < 4.78 is 0. The average Bonchev–Trinajstić information content (AvgIpc) is 2.69. The minimum atomic E-state index is -0.884. The third-order valence-electron chi connectivity index (χ3n) is 2.78. The van der Waals surface area contributed by atoms with Crippen molar-refractivity contribution in [3.05, 3.63) is 57.3 Å². The standard InChI is InChI=1S/C14H16OS/c1-10-7-11(2)9-12(8-10)14(3,15)13-5-4-6-16-13/h4-9,15H,1-3H3. The summed E-state index contributed by atoms with van der Waals surface area (Å²) in [5, 5.41) is 12.6. The molecule has 2 aromatic rings. The molecule has 1 heterocycles. The molecule has 1 unspecified atom stereocenters. The number of aliphatic hydroxyl groups is 1. The average molecular weight is 232 g/mol. The van der Waals surface area contributed by atoms with Gasteiger partial charge in [0, 0.05) is 4.88 Å². The monoisotopic (exact) mass is 232 g/mol. The van der Waals surface area contributed by atoms with Crippen LogP contribution in [0.1, 0.15) is 28.5 Å². The van der Waals surface area contributed by atoms with E-state index in [0.29, 0.717) is 0 Å². The second-order valence-corrected chi connectivity index (χ2v) is 5.37. The molecule has 1 aromatic carbocycles. The van der Waals surface area contributed by atoms with Gasteiger partial charge in [-0.05, 0) is 37.8 Å². The molecule has 0 radical (unpaired) electrons. The third-order valence-corrected chi connectivity index (χ3v) is 3.87. The maximum Gasteiger partial charge on any atom is 0.121 e. The molecule has 1 nitrogen and oxygen atoms in total. The topological polar surface area (TPSA) is 20.2 Å². The molecule has 0 spiro atoms. The van der Waals surface area contributed by atoms with E-state index in [0.717, 1.165) is 10.4 Å². The predicted octanol–water partition coefficient (Wildman–Crippen LogP) is 3.62. The number of benzene rings is 1. The zero-order valence-electron chi connectivity index (χ0n) is 9.82. The van der Waals surface area contributed by atoms with E-state index in [1.54, 1.807) is 11.3 Å². The van der Waals surface area contributed by atoms with Gasteiger partial charge in [0.2, 0.25) is 0 Å². The maximum atomic E-state index is 10.6. The molecule has 0 bridgehead atoms. The molecule has 0 amide bonds. The molecule has 84 valence electrons. The van der Waals surface area contributed by atoms with Gasteiger partial charge in [0.05, 0.1) is 0 Å². The second kappa shape index (κ2) is 4.04. The zero-order valence-corrected chi connectivity index (χ0v) is 10.6. The van der Waals surface area contributed by atoms with E-state index in [1.807, 2.05) is 36.6 Å². The van der Waals surface area contributed by atoms with E-state index in [2.05, 4.69) is 19.9 Å². The molecule has 0 fully saturated rings. The summed E-state index contributed by atoms with van der Waals surface area (Å²) >= 11 is 1.59. The SMILES string of the molecule is Cc1cc(C)cc(C(C)(O)c2cccs2)c1. The van der Waals surface area contributed by atoms with Crippen LogP contribution >= 0.6 is 11.3 Å². The lowest BCUT2D eigenvalue weighted by Gasteiger charge is -2.23.